The van der Waals surface area contributed by atoms with Crippen LogP contribution in [0.1, 0.15) is 44.1 Å². The lowest BCUT2D eigenvalue weighted by Crippen LogP contribution is -2.47. The van der Waals surface area contributed by atoms with Crippen molar-refractivity contribution in [2.75, 3.05) is 0 Å². The zero-order valence-electron chi connectivity index (χ0n) is 13.1. The van der Waals surface area contributed by atoms with Gasteiger partial charge >= 0.3 is 0 Å². The van der Waals surface area contributed by atoms with Gasteiger partial charge in [0.15, 0.2) is 0 Å². The van der Waals surface area contributed by atoms with Crippen LogP contribution < -0.4 is 5.32 Å². The van der Waals surface area contributed by atoms with Crippen molar-refractivity contribution in [1.82, 2.24) is 5.32 Å². The SMILES string of the molecule is CCC(=O)[C@@H]1[C@H]2CCC(C[C@H]1c1ccc3ccccc3c1)N2. The molecule has 2 aromatic rings. The molecule has 2 aliphatic heterocycles. The first kappa shape index (κ1) is 14.0. The predicted octanol–water partition coefficient (Wildman–Crippen LogP) is 4.04. The average Bonchev–Trinajstić information content (AvgIpc) is 2.95. The Balaban J connectivity index is 1.75. The molecular weight excluding hydrogens is 270 g/mol. The maximum Gasteiger partial charge on any atom is 0.137 e. The van der Waals surface area contributed by atoms with Crippen molar-refractivity contribution in [1.29, 1.82) is 0 Å². The summed E-state index contributed by atoms with van der Waals surface area (Å²) in [5.41, 5.74) is 1.35. The molecule has 0 aliphatic carbocycles. The number of hydrogen-bond acceptors (Lipinski definition) is 2. The molecular formula is C20H23NO. The first-order valence-electron chi connectivity index (χ1n) is 8.53. The number of hydrogen-bond donors (Lipinski definition) is 1. The van der Waals surface area contributed by atoms with E-state index in [0.29, 0.717) is 30.2 Å². The Bertz CT molecular complexity index is 708. The third-order valence-electron chi connectivity index (χ3n) is 5.60. The number of nitrogens with one attached hydrogen (secondary N) is 1. The van der Waals surface area contributed by atoms with Gasteiger partial charge in [0, 0.05) is 24.4 Å². The molecule has 0 amide bonds. The summed E-state index contributed by atoms with van der Waals surface area (Å²) in [6.45, 7) is 2.00. The minimum Gasteiger partial charge on any atom is -0.310 e. The maximum atomic E-state index is 12.6. The zero-order chi connectivity index (χ0) is 15.1. The van der Waals surface area contributed by atoms with Gasteiger partial charge in [0.05, 0.1) is 0 Å². The van der Waals surface area contributed by atoms with E-state index in [-0.39, 0.29) is 5.92 Å². The molecule has 0 aromatic heterocycles. The van der Waals surface area contributed by atoms with Gasteiger partial charge in [-0.15, -0.1) is 0 Å². The molecule has 2 heterocycles. The smallest absolute Gasteiger partial charge is 0.137 e. The van der Waals surface area contributed by atoms with Crippen LogP contribution in [0.4, 0.5) is 0 Å². The Labute approximate surface area is 131 Å². The van der Waals surface area contributed by atoms with E-state index in [9.17, 15) is 4.79 Å². The van der Waals surface area contributed by atoms with Gasteiger partial charge in [-0.3, -0.25) is 4.79 Å². The highest BCUT2D eigenvalue weighted by atomic mass is 16.1. The van der Waals surface area contributed by atoms with Gasteiger partial charge < -0.3 is 5.32 Å². The second-order valence-corrected chi connectivity index (χ2v) is 6.84. The molecule has 114 valence electrons. The lowest BCUT2D eigenvalue weighted by molar-refractivity contribution is -0.124. The highest BCUT2D eigenvalue weighted by molar-refractivity contribution is 5.85. The summed E-state index contributed by atoms with van der Waals surface area (Å²) in [5.74, 6) is 0.969. The number of carbonyl (C=O) groups excluding carboxylic acids is 1. The van der Waals surface area contributed by atoms with E-state index in [1.807, 2.05) is 6.92 Å². The van der Waals surface area contributed by atoms with Crippen molar-refractivity contribution in [3.63, 3.8) is 0 Å². The third kappa shape index (κ3) is 2.26. The summed E-state index contributed by atoms with van der Waals surface area (Å²) in [6, 6.07) is 16.2. The Morgan fingerprint density at radius 3 is 2.77 bits per heavy atom. The standard InChI is InChI=1S/C20H23NO/c1-2-19(22)20-17(12-16-9-10-18(20)21-16)15-8-7-13-5-3-4-6-14(13)11-15/h3-8,11,16-18,20-21H,2,9-10,12H2,1H3/t16?,17-,18+,20-/m0/s1. The first-order valence-corrected chi connectivity index (χ1v) is 8.53. The molecule has 4 rings (SSSR count). The van der Waals surface area contributed by atoms with Crippen molar-refractivity contribution in [3.8, 4) is 0 Å². The molecule has 2 bridgehead atoms. The number of piperidine rings is 1. The molecule has 2 aliphatic rings. The second-order valence-electron chi connectivity index (χ2n) is 6.84. The second kappa shape index (κ2) is 5.51. The molecule has 1 N–H and O–H groups in total. The molecule has 1 unspecified atom stereocenters. The van der Waals surface area contributed by atoms with Crippen molar-refractivity contribution in [3.05, 3.63) is 48.0 Å². The van der Waals surface area contributed by atoms with Crippen LogP contribution in [0.2, 0.25) is 0 Å². The van der Waals surface area contributed by atoms with Crippen molar-refractivity contribution < 1.29 is 4.79 Å². The van der Waals surface area contributed by atoms with Gasteiger partial charge in [0.25, 0.3) is 0 Å². The summed E-state index contributed by atoms with van der Waals surface area (Å²) in [7, 11) is 0. The normalized spacial score (nSPS) is 30.6. The van der Waals surface area contributed by atoms with Crippen molar-refractivity contribution >= 4 is 16.6 Å². The van der Waals surface area contributed by atoms with Gasteiger partial charge in [0.1, 0.15) is 5.78 Å². The molecule has 0 saturated carbocycles. The van der Waals surface area contributed by atoms with Gasteiger partial charge in [-0.2, -0.15) is 0 Å². The molecule has 2 saturated heterocycles. The lowest BCUT2D eigenvalue weighted by Gasteiger charge is -2.37. The van der Waals surface area contributed by atoms with Crippen molar-refractivity contribution in [2.24, 2.45) is 5.92 Å². The maximum absolute atomic E-state index is 12.6. The Hall–Kier alpha value is -1.67. The highest BCUT2D eigenvalue weighted by Crippen LogP contribution is 2.43. The van der Waals surface area contributed by atoms with E-state index in [1.54, 1.807) is 0 Å². The molecule has 2 nitrogen and oxygen atoms in total. The van der Waals surface area contributed by atoms with Crippen LogP contribution in [0.5, 0.6) is 0 Å². The van der Waals surface area contributed by atoms with E-state index in [2.05, 4.69) is 47.8 Å². The molecule has 2 aromatic carbocycles. The number of Topliss-reactive ketones (excluding diaryl/α,β-unsaturated/α-hetero) is 1. The predicted molar refractivity (Wildman–Crippen MR) is 90.0 cm³/mol. The number of carbonyl (C=O) groups is 1. The van der Waals surface area contributed by atoms with Gasteiger partial charge in [-0.1, -0.05) is 49.4 Å². The highest BCUT2D eigenvalue weighted by Gasteiger charge is 2.44. The van der Waals surface area contributed by atoms with Crippen molar-refractivity contribution in [2.45, 2.75) is 50.6 Å². The van der Waals surface area contributed by atoms with Crippen LogP contribution in [0.15, 0.2) is 42.5 Å². The summed E-state index contributed by atoms with van der Waals surface area (Å²) in [6.07, 6.45) is 4.14. The average molecular weight is 293 g/mol. The number of fused-ring (bicyclic) bond motifs is 3. The van der Waals surface area contributed by atoms with Crippen LogP contribution in [-0.4, -0.2) is 17.9 Å². The third-order valence-corrected chi connectivity index (χ3v) is 5.60. The number of ketones is 1. The fourth-order valence-corrected chi connectivity index (χ4v) is 4.52. The quantitative estimate of drug-likeness (QED) is 0.925. The minimum atomic E-state index is 0.157. The monoisotopic (exact) mass is 293 g/mol. The van der Waals surface area contributed by atoms with E-state index in [1.165, 1.54) is 22.8 Å². The van der Waals surface area contributed by atoms with Gasteiger partial charge in [-0.05, 0) is 41.5 Å². The van der Waals surface area contributed by atoms with E-state index < -0.39 is 0 Å². The summed E-state index contributed by atoms with van der Waals surface area (Å²) in [4.78, 5) is 12.6. The molecule has 4 atom stereocenters. The van der Waals surface area contributed by atoms with E-state index in [4.69, 9.17) is 0 Å². The van der Waals surface area contributed by atoms with Crippen LogP contribution in [0.25, 0.3) is 10.8 Å². The van der Waals surface area contributed by atoms with Gasteiger partial charge in [-0.25, -0.2) is 0 Å². The van der Waals surface area contributed by atoms with E-state index in [0.717, 1.165) is 12.8 Å². The summed E-state index contributed by atoms with van der Waals surface area (Å²) >= 11 is 0. The topological polar surface area (TPSA) is 29.1 Å². The van der Waals surface area contributed by atoms with Gasteiger partial charge in [0.2, 0.25) is 0 Å². The molecule has 0 radical (unpaired) electrons. The molecule has 22 heavy (non-hydrogen) atoms. The Morgan fingerprint density at radius 2 is 1.95 bits per heavy atom. The number of rotatable bonds is 3. The van der Waals surface area contributed by atoms with Crippen LogP contribution >= 0.6 is 0 Å². The van der Waals surface area contributed by atoms with Crippen LogP contribution in [0.3, 0.4) is 0 Å². The zero-order valence-corrected chi connectivity index (χ0v) is 13.1. The number of benzene rings is 2. The molecule has 2 heteroatoms. The van der Waals surface area contributed by atoms with Crippen LogP contribution in [-0.2, 0) is 4.79 Å². The summed E-state index contributed by atoms with van der Waals surface area (Å²) < 4.78 is 0. The lowest BCUT2D eigenvalue weighted by atomic mass is 9.74. The van der Waals surface area contributed by atoms with E-state index >= 15 is 0 Å². The fourth-order valence-electron chi connectivity index (χ4n) is 4.52. The fraction of sp³-hybridized carbons (Fsp3) is 0.450. The molecule has 0 spiro atoms. The first-order chi connectivity index (χ1) is 10.8. The minimum absolute atomic E-state index is 0.157. The Kier molecular flexibility index (Phi) is 3.50. The summed E-state index contributed by atoms with van der Waals surface area (Å²) in [5, 5.41) is 6.24. The molecule has 2 fully saturated rings. The largest absolute Gasteiger partial charge is 0.310 e. The van der Waals surface area contributed by atoms with Crippen LogP contribution in [0, 0.1) is 5.92 Å². The Morgan fingerprint density at radius 1 is 1.14 bits per heavy atom.